The third-order valence-electron chi connectivity index (χ3n) is 4.31. The molecule has 0 radical (unpaired) electrons. The monoisotopic (exact) mass is 376 g/mol. The summed E-state index contributed by atoms with van der Waals surface area (Å²) in [7, 11) is 0. The maximum absolute atomic E-state index is 12.6. The summed E-state index contributed by atoms with van der Waals surface area (Å²) >= 11 is 3.54. The lowest BCUT2D eigenvalue weighted by atomic mass is 10.1. The molecule has 6 heteroatoms. The highest BCUT2D eigenvalue weighted by atomic mass is 79.9. The number of halogens is 1. The van der Waals surface area contributed by atoms with Gasteiger partial charge in [-0.3, -0.25) is 4.79 Å². The molecular weight excluding hydrogens is 356 g/mol. The zero-order valence-corrected chi connectivity index (χ0v) is 15.0. The van der Waals surface area contributed by atoms with Crippen molar-refractivity contribution in [2.45, 2.75) is 32.7 Å². The number of piperidine rings is 1. The van der Waals surface area contributed by atoms with Crippen molar-refractivity contribution in [2.75, 3.05) is 13.1 Å². The Balaban J connectivity index is 1.81. The van der Waals surface area contributed by atoms with Crippen molar-refractivity contribution in [3.8, 4) is 5.69 Å². The fraction of sp³-hybridized carbons (Fsp3) is 0.412. The van der Waals surface area contributed by atoms with Crippen LogP contribution in [0, 0.1) is 13.8 Å². The number of carbonyl (C=O) groups is 1. The summed E-state index contributed by atoms with van der Waals surface area (Å²) in [4.78, 5) is 14.4. The summed E-state index contributed by atoms with van der Waals surface area (Å²) in [5.74, 6) is 0.0567. The molecule has 0 saturated carbocycles. The fourth-order valence-corrected chi connectivity index (χ4v) is 3.24. The van der Waals surface area contributed by atoms with Crippen LogP contribution in [0.3, 0.4) is 0 Å². The first-order valence-corrected chi connectivity index (χ1v) is 8.63. The predicted molar refractivity (Wildman–Crippen MR) is 93.9 cm³/mol. The Morgan fingerprint density at radius 1 is 1.30 bits per heavy atom. The van der Waals surface area contributed by atoms with Gasteiger partial charge in [-0.1, -0.05) is 0 Å². The zero-order valence-electron chi connectivity index (χ0n) is 13.4. The number of aromatic nitrogens is 2. The van der Waals surface area contributed by atoms with Gasteiger partial charge in [0.15, 0.2) is 0 Å². The summed E-state index contributed by atoms with van der Waals surface area (Å²) in [6.45, 7) is 5.41. The summed E-state index contributed by atoms with van der Waals surface area (Å²) < 4.78 is 2.89. The van der Waals surface area contributed by atoms with Gasteiger partial charge in [0.2, 0.25) is 0 Å². The predicted octanol–water partition coefficient (Wildman–Crippen LogP) is 2.81. The third-order valence-corrected chi connectivity index (χ3v) is 5.45. The number of rotatable bonds is 2. The number of carbonyl (C=O) groups excluding carboxylic acids is 1. The second-order valence-electron chi connectivity index (χ2n) is 6.10. The minimum absolute atomic E-state index is 0.0567. The van der Waals surface area contributed by atoms with Gasteiger partial charge in [-0.05, 0) is 66.9 Å². The number of likely N-dealkylation sites (tertiary alicyclic amines) is 1. The summed E-state index contributed by atoms with van der Waals surface area (Å²) in [6, 6.07) is 7.69. The average Bonchev–Trinajstić information content (AvgIpc) is 2.82. The van der Waals surface area contributed by atoms with E-state index in [-0.39, 0.29) is 11.9 Å². The molecule has 1 amide bonds. The van der Waals surface area contributed by atoms with Crippen molar-refractivity contribution in [3.05, 3.63) is 45.7 Å². The molecule has 1 saturated heterocycles. The molecule has 0 spiro atoms. The molecule has 5 nitrogen and oxygen atoms in total. The van der Waals surface area contributed by atoms with Crippen LogP contribution in [0.15, 0.2) is 28.7 Å². The van der Waals surface area contributed by atoms with Crippen LogP contribution in [-0.2, 0) is 0 Å². The first kappa shape index (κ1) is 16.2. The molecule has 1 aliphatic heterocycles. The van der Waals surface area contributed by atoms with Crippen LogP contribution in [0.2, 0.25) is 0 Å². The maximum atomic E-state index is 12.6. The molecule has 1 aromatic carbocycles. The molecule has 2 heterocycles. The topological polar surface area (TPSA) is 64.2 Å². The minimum atomic E-state index is 0.0567. The van der Waals surface area contributed by atoms with Crippen molar-refractivity contribution in [1.29, 1.82) is 0 Å². The Bertz CT molecular complexity index is 723. The van der Waals surface area contributed by atoms with E-state index in [1.54, 1.807) is 0 Å². The molecule has 1 aliphatic rings. The molecule has 1 atom stereocenters. The number of amides is 1. The molecule has 122 valence electrons. The number of nitrogens with two attached hydrogens (primary N) is 1. The standard InChI is InChI=1S/C17H21BrN4O/c1-11-16(18)12(2)22(20-11)15-7-5-13(6-8-15)17(23)21-9-3-4-14(19)10-21/h5-8,14H,3-4,9-10,19H2,1-2H3. The Labute approximate surface area is 144 Å². The van der Waals surface area contributed by atoms with Crippen molar-refractivity contribution >= 4 is 21.8 Å². The van der Waals surface area contributed by atoms with Gasteiger partial charge in [-0.15, -0.1) is 0 Å². The van der Waals surface area contributed by atoms with Crippen LogP contribution in [-0.4, -0.2) is 39.7 Å². The van der Waals surface area contributed by atoms with Crippen LogP contribution in [0.4, 0.5) is 0 Å². The lowest BCUT2D eigenvalue weighted by molar-refractivity contribution is 0.0709. The maximum Gasteiger partial charge on any atom is 0.253 e. The Kier molecular flexibility index (Phi) is 4.55. The van der Waals surface area contributed by atoms with Gasteiger partial charge in [-0.2, -0.15) is 5.10 Å². The van der Waals surface area contributed by atoms with Crippen LogP contribution in [0.5, 0.6) is 0 Å². The minimum Gasteiger partial charge on any atom is -0.337 e. The number of hydrogen-bond acceptors (Lipinski definition) is 3. The second kappa shape index (κ2) is 6.45. The van der Waals surface area contributed by atoms with Gasteiger partial charge in [0.25, 0.3) is 5.91 Å². The van der Waals surface area contributed by atoms with Crippen molar-refractivity contribution < 1.29 is 4.79 Å². The van der Waals surface area contributed by atoms with E-state index in [1.807, 2.05) is 47.7 Å². The first-order valence-electron chi connectivity index (χ1n) is 7.84. The molecule has 1 aromatic heterocycles. The molecule has 2 N–H and O–H groups in total. The van der Waals surface area contributed by atoms with E-state index in [0.717, 1.165) is 40.9 Å². The molecule has 2 aromatic rings. The van der Waals surface area contributed by atoms with Gasteiger partial charge in [0.05, 0.1) is 21.5 Å². The largest absolute Gasteiger partial charge is 0.337 e. The van der Waals surface area contributed by atoms with Crippen molar-refractivity contribution in [1.82, 2.24) is 14.7 Å². The molecule has 23 heavy (non-hydrogen) atoms. The van der Waals surface area contributed by atoms with E-state index >= 15 is 0 Å². The van der Waals surface area contributed by atoms with Gasteiger partial charge in [-0.25, -0.2) is 4.68 Å². The van der Waals surface area contributed by atoms with Gasteiger partial charge >= 0.3 is 0 Å². The van der Waals surface area contributed by atoms with E-state index in [0.29, 0.717) is 12.1 Å². The molecule has 1 unspecified atom stereocenters. The Hall–Kier alpha value is -1.66. The average molecular weight is 377 g/mol. The van der Waals surface area contributed by atoms with E-state index in [2.05, 4.69) is 21.0 Å². The summed E-state index contributed by atoms with van der Waals surface area (Å²) in [6.07, 6.45) is 1.97. The number of nitrogens with zero attached hydrogens (tertiary/aromatic N) is 3. The molecular formula is C17H21BrN4O. The second-order valence-corrected chi connectivity index (χ2v) is 6.89. The van der Waals surface area contributed by atoms with E-state index in [4.69, 9.17) is 5.73 Å². The SMILES string of the molecule is Cc1nn(-c2ccc(C(=O)N3CCCC(N)C3)cc2)c(C)c1Br. The Morgan fingerprint density at radius 3 is 2.57 bits per heavy atom. The zero-order chi connectivity index (χ0) is 16.6. The van der Waals surface area contributed by atoms with Crippen LogP contribution in [0.1, 0.15) is 34.6 Å². The number of aryl methyl sites for hydroxylation is 1. The van der Waals surface area contributed by atoms with Gasteiger partial charge < -0.3 is 10.6 Å². The van der Waals surface area contributed by atoms with Crippen LogP contribution >= 0.6 is 15.9 Å². The summed E-state index contributed by atoms with van der Waals surface area (Å²) in [5, 5.41) is 4.51. The fourth-order valence-electron chi connectivity index (χ4n) is 3.00. The first-order chi connectivity index (χ1) is 11.0. The normalized spacial score (nSPS) is 18.3. The lowest BCUT2D eigenvalue weighted by Crippen LogP contribution is -2.45. The number of benzene rings is 1. The molecule has 0 bridgehead atoms. The van der Waals surface area contributed by atoms with E-state index < -0.39 is 0 Å². The quantitative estimate of drug-likeness (QED) is 0.876. The van der Waals surface area contributed by atoms with Gasteiger partial charge in [0.1, 0.15) is 0 Å². The van der Waals surface area contributed by atoms with Gasteiger partial charge in [0, 0.05) is 24.7 Å². The smallest absolute Gasteiger partial charge is 0.253 e. The highest BCUT2D eigenvalue weighted by Gasteiger charge is 2.22. The highest BCUT2D eigenvalue weighted by Crippen LogP contribution is 2.23. The van der Waals surface area contributed by atoms with Crippen LogP contribution < -0.4 is 5.73 Å². The van der Waals surface area contributed by atoms with Crippen LogP contribution in [0.25, 0.3) is 5.69 Å². The molecule has 1 fully saturated rings. The van der Waals surface area contributed by atoms with Crippen molar-refractivity contribution in [2.24, 2.45) is 5.73 Å². The van der Waals surface area contributed by atoms with E-state index in [9.17, 15) is 4.79 Å². The molecule has 0 aliphatic carbocycles. The molecule has 3 rings (SSSR count). The summed E-state index contributed by atoms with van der Waals surface area (Å²) in [5.41, 5.74) is 9.60. The van der Waals surface area contributed by atoms with E-state index in [1.165, 1.54) is 0 Å². The number of hydrogen-bond donors (Lipinski definition) is 1. The Morgan fingerprint density at radius 2 is 2.00 bits per heavy atom. The third kappa shape index (κ3) is 3.19. The highest BCUT2D eigenvalue weighted by molar-refractivity contribution is 9.10. The van der Waals surface area contributed by atoms with Crippen molar-refractivity contribution in [3.63, 3.8) is 0 Å². The lowest BCUT2D eigenvalue weighted by Gasteiger charge is -2.30.